The monoisotopic (exact) mass is 292 g/mol. The quantitative estimate of drug-likeness (QED) is 0.841. The molecule has 5 nitrogen and oxygen atoms in total. The zero-order valence-electron chi connectivity index (χ0n) is 11.2. The Labute approximate surface area is 117 Å². The minimum Gasteiger partial charge on any atom is -0.476 e. The normalized spacial score (nSPS) is 17.1. The number of nitrogens with zero attached hydrogens (tertiary/aromatic N) is 2. The molecule has 1 fully saturated rings. The van der Waals surface area contributed by atoms with Crippen LogP contribution < -0.4 is 4.74 Å². The fourth-order valence-electron chi connectivity index (χ4n) is 2.39. The van der Waals surface area contributed by atoms with Gasteiger partial charge >= 0.3 is 0 Å². The number of aromatic nitrogens is 2. The van der Waals surface area contributed by atoms with Crippen LogP contribution in [0.4, 0.5) is 0 Å². The van der Waals surface area contributed by atoms with Gasteiger partial charge in [-0.2, -0.15) is 5.10 Å². The van der Waals surface area contributed by atoms with E-state index in [0.29, 0.717) is 12.5 Å². The number of rotatable bonds is 5. The largest absolute Gasteiger partial charge is 0.476 e. The lowest BCUT2D eigenvalue weighted by Gasteiger charge is -2.15. The molecule has 0 unspecified atom stereocenters. The molecule has 0 N–H and O–H groups in total. The van der Waals surface area contributed by atoms with Gasteiger partial charge in [0.15, 0.2) is 0 Å². The summed E-state index contributed by atoms with van der Waals surface area (Å²) in [5, 5.41) is 9.79. The van der Waals surface area contributed by atoms with Gasteiger partial charge in [-0.1, -0.05) is 18.2 Å². The predicted octanol–water partition coefficient (Wildman–Crippen LogP) is 1.83. The van der Waals surface area contributed by atoms with Gasteiger partial charge in [0.25, 0.3) is 0 Å². The van der Waals surface area contributed by atoms with Gasteiger partial charge in [-0.3, -0.25) is 0 Å². The van der Waals surface area contributed by atoms with E-state index in [1.165, 1.54) is 6.26 Å². The molecular formula is C14H16N2O3S. The summed E-state index contributed by atoms with van der Waals surface area (Å²) in [6, 6.07) is 7.72. The summed E-state index contributed by atoms with van der Waals surface area (Å²) >= 11 is 0. The van der Waals surface area contributed by atoms with E-state index in [2.05, 4.69) is 10.2 Å². The molecule has 3 rings (SSSR count). The number of ether oxygens (including phenoxy) is 1. The Kier molecular flexibility index (Phi) is 3.12. The van der Waals surface area contributed by atoms with E-state index in [4.69, 9.17) is 4.74 Å². The molecule has 0 amide bonds. The van der Waals surface area contributed by atoms with Crippen LogP contribution in [-0.2, 0) is 9.84 Å². The van der Waals surface area contributed by atoms with Crippen molar-refractivity contribution in [3.8, 4) is 5.88 Å². The van der Waals surface area contributed by atoms with Gasteiger partial charge < -0.3 is 4.74 Å². The van der Waals surface area contributed by atoms with Crippen LogP contribution in [0.15, 0.2) is 30.5 Å². The molecule has 1 aromatic carbocycles. The van der Waals surface area contributed by atoms with Crippen molar-refractivity contribution in [2.24, 2.45) is 5.41 Å². The fraction of sp³-hybridized carbons (Fsp3) is 0.429. The number of sulfone groups is 1. The highest BCUT2D eigenvalue weighted by molar-refractivity contribution is 7.90. The molecule has 1 aromatic heterocycles. The van der Waals surface area contributed by atoms with Gasteiger partial charge in [0.05, 0.1) is 18.6 Å². The Hall–Kier alpha value is -1.69. The molecule has 20 heavy (non-hydrogen) atoms. The molecule has 0 atom stereocenters. The SMILES string of the molecule is CS(=O)(=O)CC1(COc2nncc3ccccc23)CC1. The minimum atomic E-state index is -2.98. The first-order chi connectivity index (χ1) is 9.48. The van der Waals surface area contributed by atoms with Crippen LogP contribution in [0.25, 0.3) is 10.8 Å². The molecule has 1 aliphatic carbocycles. The third kappa shape index (κ3) is 2.90. The number of hydrogen-bond donors (Lipinski definition) is 0. The zero-order valence-corrected chi connectivity index (χ0v) is 12.1. The summed E-state index contributed by atoms with van der Waals surface area (Å²) in [7, 11) is -2.98. The second-order valence-electron chi connectivity index (χ2n) is 5.60. The molecule has 2 aromatic rings. The Morgan fingerprint density at radius 3 is 2.75 bits per heavy atom. The molecular weight excluding hydrogens is 276 g/mol. The van der Waals surface area contributed by atoms with E-state index in [1.807, 2.05) is 24.3 Å². The van der Waals surface area contributed by atoms with E-state index in [9.17, 15) is 8.42 Å². The first-order valence-corrected chi connectivity index (χ1v) is 8.55. The maximum absolute atomic E-state index is 11.4. The lowest BCUT2D eigenvalue weighted by molar-refractivity contribution is 0.241. The van der Waals surface area contributed by atoms with Crippen LogP contribution in [-0.4, -0.2) is 37.2 Å². The average Bonchev–Trinajstić information content (AvgIpc) is 3.14. The standard InChI is InChI=1S/C14H16N2O3S/c1-20(17,18)10-14(6-7-14)9-19-13-12-5-3-2-4-11(12)8-15-16-13/h2-5,8H,6-7,9-10H2,1H3. The summed E-state index contributed by atoms with van der Waals surface area (Å²) in [6.07, 6.45) is 4.73. The fourth-order valence-corrected chi connectivity index (χ4v) is 3.88. The van der Waals surface area contributed by atoms with Crippen LogP contribution >= 0.6 is 0 Å². The lowest BCUT2D eigenvalue weighted by Crippen LogP contribution is -2.23. The van der Waals surface area contributed by atoms with Gasteiger partial charge in [0.2, 0.25) is 5.88 Å². The van der Waals surface area contributed by atoms with Crippen molar-refractivity contribution in [3.05, 3.63) is 30.5 Å². The van der Waals surface area contributed by atoms with Crippen LogP contribution in [0.3, 0.4) is 0 Å². The van der Waals surface area contributed by atoms with Gasteiger partial charge in [-0.05, 0) is 18.9 Å². The first kappa shape index (κ1) is 13.3. The molecule has 106 valence electrons. The Morgan fingerprint density at radius 2 is 2.05 bits per heavy atom. The maximum atomic E-state index is 11.4. The molecule has 6 heteroatoms. The molecule has 1 heterocycles. The molecule has 0 spiro atoms. The van der Waals surface area contributed by atoms with Crippen LogP contribution in [0.1, 0.15) is 12.8 Å². The highest BCUT2D eigenvalue weighted by Crippen LogP contribution is 2.47. The summed E-state index contributed by atoms with van der Waals surface area (Å²) in [4.78, 5) is 0. The number of benzene rings is 1. The molecule has 0 bridgehead atoms. The lowest BCUT2D eigenvalue weighted by atomic mass is 10.1. The summed E-state index contributed by atoms with van der Waals surface area (Å²) in [6.45, 7) is 0.378. The van der Waals surface area contributed by atoms with E-state index in [0.717, 1.165) is 23.6 Å². The molecule has 0 aliphatic heterocycles. The van der Waals surface area contributed by atoms with Gasteiger partial charge in [-0.15, -0.1) is 5.10 Å². The number of fused-ring (bicyclic) bond motifs is 1. The second-order valence-corrected chi connectivity index (χ2v) is 7.74. The topological polar surface area (TPSA) is 69.2 Å². The van der Waals surface area contributed by atoms with Crippen LogP contribution in [0.2, 0.25) is 0 Å². The summed E-state index contributed by atoms with van der Waals surface area (Å²) in [5.41, 5.74) is -0.230. The Morgan fingerprint density at radius 1 is 1.30 bits per heavy atom. The van der Waals surface area contributed by atoms with E-state index in [1.54, 1.807) is 6.20 Å². The van der Waals surface area contributed by atoms with Crippen molar-refractivity contribution in [1.82, 2.24) is 10.2 Å². The predicted molar refractivity (Wildman–Crippen MR) is 76.4 cm³/mol. The van der Waals surface area contributed by atoms with Crippen LogP contribution in [0, 0.1) is 5.41 Å². The highest BCUT2D eigenvalue weighted by Gasteiger charge is 2.46. The van der Waals surface area contributed by atoms with E-state index < -0.39 is 9.84 Å². The third-order valence-corrected chi connectivity index (χ3v) is 4.71. The van der Waals surface area contributed by atoms with Crippen molar-refractivity contribution in [3.63, 3.8) is 0 Å². The smallest absolute Gasteiger partial charge is 0.241 e. The maximum Gasteiger partial charge on any atom is 0.241 e. The molecule has 1 saturated carbocycles. The van der Waals surface area contributed by atoms with Crippen molar-refractivity contribution in [2.75, 3.05) is 18.6 Å². The zero-order chi connectivity index (χ0) is 14.2. The van der Waals surface area contributed by atoms with Crippen molar-refractivity contribution in [1.29, 1.82) is 0 Å². The van der Waals surface area contributed by atoms with Crippen molar-refractivity contribution in [2.45, 2.75) is 12.8 Å². The minimum absolute atomic E-state index is 0.179. The Bertz CT molecular complexity index is 734. The Balaban J connectivity index is 1.78. The summed E-state index contributed by atoms with van der Waals surface area (Å²) < 4.78 is 28.6. The molecule has 0 saturated heterocycles. The molecule has 1 aliphatic rings. The highest BCUT2D eigenvalue weighted by atomic mass is 32.2. The third-order valence-electron chi connectivity index (χ3n) is 3.58. The summed E-state index contributed by atoms with van der Waals surface area (Å²) in [5.74, 6) is 0.654. The average molecular weight is 292 g/mol. The number of hydrogen-bond acceptors (Lipinski definition) is 5. The van der Waals surface area contributed by atoms with Gasteiger partial charge in [0, 0.05) is 22.4 Å². The second kappa shape index (κ2) is 4.70. The molecule has 0 radical (unpaired) electrons. The van der Waals surface area contributed by atoms with Crippen LogP contribution in [0.5, 0.6) is 5.88 Å². The van der Waals surface area contributed by atoms with Gasteiger partial charge in [0.1, 0.15) is 9.84 Å². The van der Waals surface area contributed by atoms with E-state index in [-0.39, 0.29) is 11.2 Å². The first-order valence-electron chi connectivity index (χ1n) is 6.49. The van der Waals surface area contributed by atoms with Gasteiger partial charge in [-0.25, -0.2) is 8.42 Å². The van der Waals surface area contributed by atoms with E-state index >= 15 is 0 Å². The van der Waals surface area contributed by atoms with Crippen molar-refractivity contribution >= 4 is 20.6 Å². The van der Waals surface area contributed by atoms with Crippen molar-refractivity contribution < 1.29 is 13.2 Å².